The second kappa shape index (κ2) is 4.35. The van der Waals surface area contributed by atoms with Crippen LogP contribution in [-0.2, 0) is 0 Å². The van der Waals surface area contributed by atoms with Crippen molar-refractivity contribution in [1.82, 2.24) is 20.2 Å². The Kier molecular flexibility index (Phi) is 2.78. The zero-order chi connectivity index (χ0) is 13.5. The molecule has 0 bridgehead atoms. The maximum atomic E-state index is 12.6. The molecule has 1 fully saturated rings. The van der Waals surface area contributed by atoms with Gasteiger partial charge in [0.25, 0.3) is 5.91 Å². The van der Waals surface area contributed by atoms with E-state index in [9.17, 15) is 4.79 Å². The van der Waals surface area contributed by atoms with Crippen LogP contribution in [-0.4, -0.2) is 45.9 Å². The third-order valence-corrected chi connectivity index (χ3v) is 3.71. The van der Waals surface area contributed by atoms with Crippen LogP contribution >= 0.6 is 0 Å². The standard InChI is InChI=1S/C14H18N4O/c1-14(2)8-15-5-6-18(14)13(19)10-3-4-11-12(7-10)17-9-16-11/h3-4,7,9,15H,5-6,8H2,1-2H3,(H,16,17). The minimum atomic E-state index is -0.154. The lowest BCUT2D eigenvalue weighted by molar-refractivity contribution is 0.0477. The first-order chi connectivity index (χ1) is 9.08. The van der Waals surface area contributed by atoms with Gasteiger partial charge in [-0.1, -0.05) is 0 Å². The first-order valence-electron chi connectivity index (χ1n) is 6.54. The predicted molar refractivity (Wildman–Crippen MR) is 74.1 cm³/mol. The van der Waals surface area contributed by atoms with E-state index in [1.165, 1.54) is 0 Å². The normalized spacial score (nSPS) is 18.7. The van der Waals surface area contributed by atoms with E-state index in [1.807, 2.05) is 23.1 Å². The van der Waals surface area contributed by atoms with Gasteiger partial charge < -0.3 is 15.2 Å². The first-order valence-corrected chi connectivity index (χ1v) is 6.54. The van der Waals surface area contributed by atoms with E-state index in [4.69, 9.17) is 0 Å². The zero-order valence-electron chi connectivity index (χ0n) is 11.2. The number of fused-ring (bicyclic) bond motifs is 1. The number of hydrogen-bond acceptors (Lipinski definition) is 3. The van der Waals surface area contributed by atoms with Gasteiger partial charge in [0, 0.05) is 25.2 Å². The lowest BCUT2D eigenvalue weighted by atomic mass is 9.98. The number of piperazine rings is 1. The molecule has 5 nitrogen and oxygen atoms in total. The number of amides is 1. The Bertz CT molecular complexity index is 617. The summed E-state index contributed by atoms with van der Waals surface area (Å²) in [5.74, 6) is 0.0861. The molecule has 3 rings (SSSR count). The highest BCUT2D eigenvalue weighted by atomic mass is 16.2. The van der Waals surface area contributed by atoms with Crippen LogP contribution in [0.15, 0.2) is 24.5 Å². The predicted octanol–water partition coefficient (Wildman–Crippen LogP) is 1.39. The highest BCUT2D eigenvalue weighted by Gasteiger charge is 2.33. The minimum absolute atomic E-state index is 0.0861. The van der Waals surface area contributed by atoms with Crippen molar-refractivity contribution in [3.63, 3.8) is 0 Å². The van der Waals surface area contributed by atoms with Crippen LogP contribution < -0.4 is 5.32 Å². The fourth-order valence-electron chi connectivity index (χ4n) is 2.58. The van der Waals surface area contributed by atoms with E-state index in [0.29, 0.717) is 5.56 Å². The van der Waals surface area contributed by atoms with E-state index >= 15 is 0 Å². The Balaban J connectivity index is 1.94. The summed E-state index contributed by atoms with van der Waals surface area (Å²) < 4.78 is 0. The van der Waals surface area contributed by atoms with Gasteiger partial charge in [-0.15, -0.1) is 0 Å². The molecule has 1 amide bonds. The Morgan fingerprint density at radius 1 is 1.42 bits per heavy atom. The van der Waals surface area contributed by atoms with E-state index in [2.05, 4.69) is 29.1 Å². The molecule has 0 unspecified atom stereocenters. The van der Waals surface area contributed by atoms with Crippen LogP contribution in [0.2, 0.25) is 0 Å². The second-order valence-electron chi connectivity index (χ2n) is 5.58. The lowest BCUT2D eigenvalue weighted by Gasteiger charge is -2.42. The second-order valence-corrected chi connectivity index (χ2v) is 5.58. The van der Waals surface area contributed by atoms with Crippen molar-refractivity contribution in [2.75, 3.05) is 19.6 Å². The Hall–Kier alpha value is -1.88. The number of nitrogens with one attached hydrogen (secondary N) is 2. The number of H-pyrrole nitrogens is 1. The molecule has 1 aliphatic heterocycles. The Morgan fingerprint density at radius 2 is 2.26 bits per heavy atom. The number of carbonyl (C=O) groups excluding carboxylic acids is 1. The van der Waals surface area contributed by atoms with Crippen molar-refractivity contribution in [2.24, 2.45) is 0 Å². The summed E-state index contributed by atoms with van der Waals surface area (Å²) >= 11 is 0. The molecule has 2 heterocycles. The average molecular weight is 258 g/mol. The molecule has 0 spiro atoms. The van der Waals surface area contributed by atoms with Crippen molar-refractivity contribution in [3.8, 4) is 0 Å². The first kappa shape index (κ1) is 12.2. The number of imidazole rings is 1. The number of nitrogens with zero attached hydrogens (tertiary/aromatic N) is 2. The van der Waals surface area contributed by atoms with Gasteiger partial charge in [-0.25, -0.2) is 4.98 Å². The fraction of sp³-hybridized carbons (Fsp3) is 0.429. The van der Waals surface area contributed by atoms with E-state index in [-0.39, 0.29) is 11.4 Å². The van der Waals surface area contributed by atoms with Crippen LogP contribution in [0.4, 0.5) is 0 Å². The molecule has 0 atom stereocenters. The van der Waals surface area contributed by atoms with Crippen LogP contribution in [0.25, 0.3) is 11.0 Å². The molecule has 1 aromatic carbocycles. The van der Waals surface area contributed by atoms with Crippen molar-refractivity contribution >= 4 is 16.9 Å². The van der Waals surface area contributed by atoms with Crippen LogP contribution in [0.1, 0.15) is 24.2 Å². The summed E-state index contributed by atoms with van der Waals surface area (Å²) in [6.45, 7) is 6.59. The highest BCUT2D eigenvalue weighted by Crippen LogP contribution is 2.21. The number of aromatic nitrogens is 2. The van der Waals surface area contributed by atoms with Gasteiger partial charge in [0.15, 0.2) is 0 Å². The summed E-state index contributed by atoms with van der Waals surface area (Å²) in [6, 6.07) is 5.61. The van der Waals surface area contributed by atoms with Crippen LogP contribution in [0.5, 0.6) is 0 Å². The maximum absolute atomic E-state index is 12.6. The summed E-state index contributed by atoms with van der Waals surface area (Å²) in [4.78, 5) is 21.8. The van der Waals surface area contributed by atoms with Gasteiger partial charge in [0.1, 0.15) is 0 Å². The van der Waals surface area contributed by atoms with E-state index in [0.717, 1.165) is 30.7 Å². The largest absolute Gasteiger partial charge is 0.345 e. The van der Waals surface area contributed by atoms with Crippen LogP contribution in [0.3, 0.4) is 0 Å². The van der Waals surface area contributed by atoms with Gasteiger partial charge in [0.05, 0.1) is 22.9 Å². The summed E-state index contributed by atoms with van der Waals surface area (Å²) in [5, 5.41) is 3.33. The molecule has 2 N–H and O–H groups in total. The molecular formula is C14H18N4O. The monoisotopic (exact) mass is 258 g/mol. The molecule has 100 valence electrons. The number of rotatable bonds is 1. The SMILES string of the molecule is CC1(C)CNCCN1C(=O)c1ccc2nc[nH]c2c1. The molecule has 19 heavy (non-hydrogen) atoms. The molecule has 1 saturated heterocycles. The number of carbonyl (C=O) groups is 1. The topological polar surface area (TPSA) is 61.0 Å². The quantitative estimate of drug-likeness (QED) is 0.812. The summed E-state index contributed by atoms with van der Waals surface area (Å²) in [6.07, 6.45) is 1.65. The molecule has 0 aliphatic carbocycles. The van der Waals surface area contributed by atoms with Gasteiger partial charge in [-0.3, -0.25) is 4.79 Å². The highest BCUT2D eigenvalue weighted by molar-refractivity contribution is 5.97. The maximum Gasteiger partial charge on any atom is 0.254 e. The zero-order valence-corrected chi connectivity index (χ0v) is 11.2. The van der Waals surface area contributed by atoms with Gasteiger partial charge in [0.2, 0.25) is 0 Å². The van der Waals surface area contributed by atoms with Crippen molar-refractivity contribution in [1.29, 1.82) is 0 Å². The van der Waals surface area contributed by atoms with E-state index in [1.54, 1.807) is 6.33 Å². The summed E-state index contributed by atoms with van der Waals surface area (Å²) in [7, 11) is 0. The average Bonchev–Trinajstić information content (AvgIpc) is 2.84. The fourth-order valence-corrected chi connectivity index (χ4v) is 2.58. The Labute approximate surface area is 112 Å². The van der Waals surface area contributed by atoms with Gasteiger partial charge in [-0.2, -0.15) is 0 Å². The molecular weight excluding hydrogens is 240 g/mol. The third kappa shape index (κ3) is 2.10. The Morgan fingerprint density at radius 3 is 3.05 bits per heavy atom. The van der Waals surface area contributed by atoms with Crippen molar-refractivity contribution < 1.29 is 4.79 Å². The van der Waals surface area contributed by atoms with Crippen molar-refractivity contribution in [3.05, 3.63) is 30.1 Å². The van der Waals surface area contributed by atoms with Gasteiger partial charge >= 0.3 is 0 Å². The van der Waals surface area contributed by atoms with Crippen molar-refractivity contribution in [2.45, 2.75) is 19.4 Å². The number of benzene rings is 1. The molecule has 0 radical (unpaired) electrons. The van der Waals surface area contributed by atoms with E-state index < -0.39 is 0 Å². The number of hydrogen-bond donors (Lipinski definition) is 2. The molecule has 5 heteroatoms. The molecule has 1 aromatic heterocycles. The molecule has 1 aliphatic rings. The molecule has 0 saturated carbocycles. The van der Waals surface area contributed by atoms with Gasteiger partial charge in [-0.05, 0) is 32.0 Å². The van der Waals surface area contributed by atoms with Crippen LogP contribution in [0, 0.1) is 0 Å². The summed E-state index contributed by atoms with van der Waals surface area (Å²) in [5.41, 5.74) is 2.35. The number of aromatic amines is 1. The minimum Gasteiger partial charge on any atom is -0.345 e. The third-order valence-electron chi connectivity index (χ3n) is 3.71. The smallest absolute Gasteiger partial charge is 0.254 e. The lowest BCUT2D eigenvalue weighted by Crippen LogP contribution is -2.59. The molecule has 2 aromatic rings.